The van der Waals surface area contributed by atoms with Crippen molar-refractivity contribution in [1.29, 1.82) is 0 Å². The van der Waals surface area contributed by atoms with Crippen LogP contribution in [-0.2, 0) is 0 Å². The average Bonchev–Trinajstić information content (AvgIpc) is 2.85. The van der Waals surface area contributed by atoms with Crippen molar-refractivity contribution in [3.8, 4) is 0 Å². The lowest BCUT2D eigenvalue weighted by Crippen LogP contribution is -2.15. The first-order chi connectivity index (χ1) is 11.0. The fourth-order valence-electron chi connectivity index (χ4n) is 2.66. The molecule has 0 saturated carbocycles. The monoisotopic (exact) mass is 311 g/mol. The summed E-state index contributed by atoms with van der Waals surface area (Å²) in [5.74, 6) is -0.211. The Morgan fingerprint density at radius 3 is 2.70 bits per heavy atom. The molecule has 0 amide bonds. The minimum Gasteiger partial charge on any atom is -0.453 e. The number of hydrogen-bond donors (Lipinski definition) is 1. The van der Waals surface area contributed by atoms with Gasteiger partial charge in [0, 0.05) is 16.6 Å². The van der Waals surface area contributed by atoms with E-state index in [0.717, 1.165) is 16.8 Å². The van der Waals surface area contributed by atoms with E-state index in [0.29, 0.717) is 16.5 Å². The molecule has 3 rings (SSSR count). The largest absolute Gasteiger partial charge is 0.453 e. The number of anilines is 1. The Morgan fingerprint density at radius 1 is 1.13 bits per heavy atom. The van der Waals surface area contributed by atoms with E-state index < -0.39 is 0 Å². The Hall–Kier alpha value is -2.62. The van der Waals surface area contributed by atoms with Crippen LogP contribution in [0.2, 0.25) is 0 Å². The van der Waals surface area contributed by atoms with Gasteiger partial charge in [0.25, 0.3) is 0 Å². The summed E-state index contributed by atoms with van der Waals surface area (Å²) in [6.07, 6.45) is 0. The second kappa shape index (κ2) is 5.88. The van der Waals surface area contributed by atoms with Crippen molar-refractivity contribution in [2.24, 2.45) is 0 Å². The highest BCUT2D eigenvalue weighted by Gasteiger charge is 2.18. The average molecular weight is 311 g/mol. The molecule has 0 saturated heterocycles. The molecular weight excluding hydrogens is 293 g/mol. The summed E-state index contributed by atoms with van der Waals surface area (Å²) in [7, 11) is 0. The summed E-state index contributed by atoms with van der Waals surface area (Å²) in [5, 5.41) is 3.79. The van der Waals surface area contributed by atoms with Crippen molar-refractivity contribution in [3.05, 3.63) is 64.7 Å². The molecule has 0 fully saturated rings. The fraction of sp³-hybridized carbons (Fsp3) is 0.211. The number of carbonyl (C=O) groups is 1. The summed E-state index contributed by atoms with van der Waals surface area (Å²) >= 11 is 0. The first-order valence-corrected chi connectivity index (χ1v) is 7.49. The zero-order chi connectivity index (χ0) is 16.6. The van der Waals surface area contributed by atoms with Crippen LogP contribution < -0.4 is 5.32 Å². The van der Waals surface area contributed by atoms with Crippen molar-refractivity contribution in [1.82, 2.24) is 0 Å². The van der Waals surface area contributed by atoms with Crippen molar-refractivity contribution >= 4 is 22.4 Å². The molecule has 0 aliphatic heterocycles. The number of Topliss-reactive ketones (excluding diaryl/α,β-unsaturated/α-hetero) is 1. The highest BCUT2D eigenvalue weighted by molar-refractivity contribution is 6.02. The van der Waals surface area contributed by atoms with Crippen LogP contribution in [0, 0.1) is 26.6 Å². The zero-order valence-electron chi connectivity index (χ0n) is 13.4. The van der Waals surface area contributed by atoms with Gasteiger partial charge in [-0.15, -0.1) is 0 Å². The third-order valence-electron chi connectivity index (χ3n) is 4.20. The van der Waals surface area contributed by atoms with Gasteiger partial charge in [-0.1, -0.05) is 12.1 Å². The molecule has 0 unspecified atom stereocenters. The maximum atomic E-state index is 13.3. The molecule has 0 aliphatic rings. The Balaban J connectivity index is 1.84. The SMILES string of the molecule is Cc1cccc(NCC(=O)c2oc3ccc(F)cc3c2C)c1C. The first kappa shape index (κ1) is 15.3. The number of fused-ring (bicyclic) bond motifs is 1. The summed E-state index contributed by atoms with van der Waals surface area (Å²) in [6.45, 7) is 5.95. The molecule has 4 heteroatoms. The molecule has 3 aromatic rings. The van der Waals surface area contributed by atoms with E-state index in [4.69, 9.17) is 4.42 Å². The number of rotatable bonds is 4. The number of carbonyl (C=O) groups excluding carboxylic acids is 1. The number of aryl methyl sites for hydroxylation is 2. The number of furan rings is 1. The fourth-order valence-corrected chi connectivity index (χ4v) is 2.66. The van der Waals surface area contributed by atoms with Gasteiger partial charge in [-0.05, 0) is 56.2 Å². The second-order valence-corrected chi connectivity index (χ2v) is 5.72. The Labute approximate surface area is 134 Å². The number of halogens is 1. The molecule has 1 aromatic heterocycles. The molecule has 0 bridgehead atoms. The molecule has 1 N–H and O–H groups in total. The van der Waals surface area contributed by atoms with Crippen LogP contribution in [0.3, 0.4) is 0 Å². The summed E-state index contributed by atoms with van der Waals surface area (Å²) in [5.41, 5.74) is 4.41. The van der Waals surface area contributed by atoms with E-state index in [-0.39, 0.29) is 23.9 Å². The predicted molar refractivity (Wildman–Crippen MR) is 89.6 cm³/mol. The molecule has 3 nitrogen and oxygen atoms in total. The highest BCUT2D eigenvalue weighted by Crippen LogP contribution is 2.26. The topological polar surface area (TPSA) is 42.2 Å². The summed E-state index contributed by atoms with van der Waals surface area (Å²) in [4.78, 5) is 12.4. The summed E-state index contributed by atoms with van der Waals surface area (Å²) < 4.78 is 18.9. The van der Waals surface area contributed by atoms with Crippen molar-refractivity contribution in [3.63, 3.8) is 0 Å². The van der Waals surface area contributed by atoms with Crippen LogP contribution in [0.25, 0.3) is 11.0 Å². The molecule has 1 heterocycles. The molecule has 0 radical (unpaired) electrons. The van der Waals surface area contributed by atoms with Gasteiger partial charge in [-0.3, -0.25) is 4.79 Å². The maximum absolute atomic E-state index is 13.3. The van der Waals surface area contributed by atoms with E-state index in [9.17, 15) is 9.18 Å². The number of hydrogen-bond acceptors (Lipinski definition) is 3. The quantitative estimate of drug-likeness (QED) is 0.704. The third-order valence-corrected chi connectivity index (χ3v) is 4.20. The van der Waals surface area contributed by atoms with E-state index in [1.54, 1.807) is 13.0 Å². The van der Waals surface area contributed by atoms with Crippen molar-refractivity contribution in [2.45, 2.75) is 20.8 Å². The van der Waals surface area contributed by atoms with Crippen LogP contribution in [0.5, 0.6) is 0 Å². The lowest BCUT2D eigenvalue weighted by molar-refractivity contribution is 0.0981. The van der Waals surface area contributed by atoms with Gasteiger partial charge in [-0.2, -0.15) is 0 Å². The Bertz CT molecular complexity index is 896. The van der Waals surface area contributed by atoms with Crippen LogP contribution in [-0.4, -0.2) is 12.3 Å². The Morgan fingerprint density at radius 2 is 1.91 bits per heavy atom. The van der Waals surface area contributed by atoms with Gasteiger partial charge < -0.3 is 9.73 Å². The third kappa shape index (κ3) is 2.84. The smallest absolute Gasteiger partial charge is 0.217 e. The van der Waals surface area contributed by atoms with Crippen LogP contribution in [0.4, 0.5) is 10.1 Å². The summed E-state index contributed by atoms with van der Waals surface area (Å²) in [6, 6.07) is 10.2. The molecular formula is C19H18FNO2. The van der Waals surface area contributed by atoms with Crippen LogP contribution >= 0.6 is 0 Å². The predicted octanol–water partition coefficient (Wildman–Crippen LogP) is 4.79. The molecule has 0 aliphatic carbocycles. The zero-order valence-corrected chi connectivity index (χ0v) is 13.4. The Kier molecular flexibility index (Phi) is 3.90. The lowest BCUT2D eigenvalue weighted by Gasteiger charge is -2.10. The number of nitrogens with one attached hydrogen (secondary N) is 1. The van der Waals surface area contributed by atoms with Crippen molar-refractivity contribution < 1.29 is 13.6 Å². The first-order valence-electron chi connectivity index (χ1n) is 7.49. The minimum atomic E-state index is -0.339. The van der Waals surface area contributed by atoms with E-state index in [1.165, 1.54) is 12.1 Å². The lowest BCUT2D eigenvalue weighted by atomic mass is 10.1. The van der Waals surface area contributed by atoms with Gasteiger partial charge in [0.1, 0.15) is 11.4 Å². The van der Waals surface area contributed by atoms with E-state index in [1.807, 2.05) is 32.0 Å². The molecule has 118 valence electrons. The van der Waals surface area contributed by atoms with Gasteiger partial charge in [0.2, 0.25) is 5.78 Å². The van der Waals surface area contributed by atoms with Crippen LogP contribution in [0.15, 0.2) is 40.8 Å². The molecule has 0 spiro atoms. The standard InChI is InChI=1S/C19H18FNO2/c1-11-5-4-6-16(12(11)2)21-10-17(22)19-13(3)15-9-14(20)7-8-18(15)23-19/h4-9,21H,10H2,1-3H3. The molecule has 23 heavy (non-hydrogen) atoms. The molecule has 2 aromatic carbocycles. The van der Waals surface area contributed by atoms with E-state index >= 15 is 0 Å². The van der Waals surface area contributed by atoms with E-state index in [2.05, 4.69) is 5.32 Å². The second-order valence-electron chi connectivity index (χ2n) is 5.72. The van der Waals surface area contributed by atoms with Gasteiger partial charge in [0.15, 0.2) is 5.76 Å². The van der Waals surface area contributed by atoms with Gasteiger partial charge in [0.05, 0.1) is 6.54 Å². The maximum Gasteiger partial charge on any atom is 0.217 e. The van der Waals surface area contributed by atoms with Gasteiger partial charge >= 0.3 is 0 Å². The van der Waals surface area contributed by atoms with Crippen molar-refractivity contribution in [2.75, 3.05) is 11.9 Å². The highest BCUT2D eigenvalue weighted by atomic mass is 19.1. The number of benzene rings is 2. The normalized spacial score (nSPS) is 11.0. The minimum absolute atomic E-state index is 0.132. The van der Waals surface area contributed by atoms with Gasteiger partial charge in [-0.25, -0.2) is 4.39 Å². The van der Waals surface area contributed by atoms with Crippen LogP contribution in [0.1, 0.15) is 27.2 Å². The molecule has 0 atom stereocenters. The number of ketones is 1.